The first-order chi connectivity index (χ1) is 5.26. The first-order valence-electron chi connectivity index (χ1n) is 4.96. The molecule has 0 aliphatic carbocycles. The average Bonchev–Trinajstić information content (AvgIpc) is 2.03. The maximum absolute atomic E-state index is 5.55. The molecule has 0 fully saturated rings. The zero-order chi connectivity index (χ0) is 8.69. The molecule has 68 valence electrons. The predicted octanol–water partition coefficient (Wildman–Crippen LogP) is 2.80. The topological polar surface area (TPSA) is 26.0 Å². The van der Waals surface area contributed by atoms with E-state index < -0.39 is 0 Å². The zero-order valence-corrected chi connectivity index (χ0v) is 8.27. The first kappa shape index (κ1) is 11.0. The van der Waals surface area contributed by atoms with Gasteiger partial charge in [0.1, 0.15) is 0 Å². The normalized spacial score (nSPS) is 16.4. The van der Waals surface area contributed by atoms with Gasteiger partial charge in [-0.15, -0.1) is 0 Å². The molecule has 1 unspecified atom stereocenters. The van der Waals surface area contributed by atoms with Crippen LogP contribution < -0.4 is 5.73 Å². The molecular weight excluding hydrogens is 134 g/mol. The number of hydrogen-bond donors (Lipinski definition) is 1. The number of hydrogen-bond acceptors (Lipinski definition) is 1. The molecule has 0 aromatic carbocycles. The zero-order valence-electron chi connectivity index (χ0n) is 8.27. The molecule has 2 atom stereocenters. The molecule has 0 aliphatic heterocycles. The molecule has 1 heteroatoms. The second kappa shape index (κ2) is 6.66. The smallest absolute Gasteiger partial charge is 0.00745 e. The lowest BCUT2D eigenvalue weighted by Crippen LogP contribution is -2.15. The first-order valence-corrected chi connectivity index (χ1v) is 4.96. The van der Waals surface area contributed by atoms with Crippen LogP contribution in [-0.2, 0) is 0 Å². The lowest BCUT2D eigenvalue weighted by molar-refractivity contribution is 0.309. The summed E-state index contributed by atoms with van der Waals surface area (Å²) in [5.74, 6) is 1.73. The van der Waals surface area contributed by atoms with Crippen LogP contribution in [-0.4, -0.2) is 6.54 Å². The van der Waals surface area contributed by atoms with Gasteiger partial charge in [-0.05, 0) is 24.8 Å². The predicted molar refractivity (Wildman–Crippen MR) is 51.5 cm³/mol. The van der Waals surface area contributed by atoms with Crippen molar-refractivity contribution >= 4 is 0 Å². The standard InChI is InChI=1S/C10H23N/c1-4-6-10(7-8-11)9(3)5-2/h9-10H,4-8,11H2,1-3H3/t9?,10-/m1/s1. The Morgan fingerprint density at radius 1 is 1.18 bits per heavy atom. The SMILES string of the molecule is CCC[C@H](CCN)C(C)CC. The van der Waals surface area contributed by atoms with Crippen LogP contribution >= 0.6 is 0 Å². The maximum Gasteiger partial charge on any atom is -0.00745 e. The quantitative estimate of drug-likeness (QED) is 0.630. The Kier molecular flexibility index (Phi) is 6.63. The van der Waals surface area contributed by atoms with Crippen molar-refractivity contribution in [3.63, 3.8) is 0 Å². The highest BCUT2D eigenvalue weighted by atomic mass is 14.5. The summed E-state index contributed by atoms with van der Waals surface area (Å²) in [4.78, 5) is 0. The van der Waals surface area contributed by atoms with Crippen LogP contribution in [0.15, 0.2) is 0 Å². The van der Waals surface area contributed by atoms with Crippen LogP contribution in [0.1, 0.15) is 46.5 Å². The molecule has 11 heavy (non-hydrogen) atoms. The van der Waals surface area contributed by atoms with Crippen LogP contribution in [0, 0.1) is 11.8 Å². The van der Waals surface area contributed by atoms with Gasteiger partial charge in [-0.25, -0.2) is 0 Å². The molecular formula is C10H23N. The number of nitrogens with two attached hydrogens (primary N) is 1. The molecule has 0 aromatic heterocycles. The van der Waals surface area contributed by atoms with Crippen molar-refractivity contribution in [2.24, 2.45) is 17.6 Å². The Balaban J connectivity index is 3.66. The lowest BCUT2D eigenvalue weighted by atomic mass is 9.86. The summed E-state index contributed by atoms with van der Waals surface area (Å²) in [5.41, 5.74) is 5.55. The Bertz CT molecular complexity index is 74.9. The molecule has 0 bridgehead atoms. The van der Waals surface area contributed by atoms with E-state index in [2.05, 4.69) is 20.8 Å². The lowest BCUT2D eigenvalue weighted by Gasteiger charge is -2.21. The summed E-state index contributed by atoms with van der Waals surface area (Å²) in [6.45, 7) is 7.72. The van der Waals surface area contributed by atoms with Gasteiger partial charge in [-0.2, -0.15) is 0 Å². The third kappa shape index (κ3) is 4.41. The second-order valence-electron chi connectivity index (χ2n) is 3.51. The molecule has 0 spiro atoms. The summed E-state index contributed by atoms with van der Waals surface area (Å²) in [6.07, 6.45) is 5.16. The van der Waals surface area contributed by atoms with Crippen molar-refractivity contribution in [3.8, 4) is 0 Å². The summed E-state index contributed by atoms with van der Waals surface area (Å²) in [7, 11) is 0. The largest absolute Gasteiger partial charge is 0.330 e. The van der Waals surface area contributed by atoms with E-state index in [-0.39, 0.29) is 0 Å². The molecule has 0 rings (SSSR count). The van der Waals surface area contributed by atoms with Crippen molar-refractivity contribution in [3.05, 3.63) is 0 Å². The van der Waals surface area contributed by atoms with Crippen molar-refractivity contribution < 1.29 is 0 Å². The molecule has 0 radical (unpaired) electrons. The van der Waals surface area contributed by atoms with E-state index in [0.717, 1.165) is 18.4 Å². The Labute approximate surface area is 71.4 Å². The summed E-state index contributed by atoms with van der Waals surface area (Å²) >= 11 is 0. The summed E-state index contributed by atoms with van der Waals surface area (Å²) in [6, 6.07) is 0. The van der Waals surface area contributed by atoms with Crippen LogP contribution in [0.4, 0.5) is 0 Å². The molecule has 0 aliphatic rings. The van der Waals surface area contributed by atoms with Crippen LogP contribution in [0.3, 0.4) is 0 Å². The van der Waals surface area contributed by atoms with Gasteiger partial charge < -0.3 is 5.73 Å². The van der Waals surface area contributed by atoms with Crippen molar-refractivity contribution in [2.75, 3.05) is 6.54 Å². The van der Waals surface area contributed by atoms with Gasteiger partial charge >= 0.3 is 0 Å². The average molecular weight is 157 g/mol. The van der Waals surface area contributed by atoms with E-state index in [9.17, 15) is 0 Å². The van der Waals surface area contributed by atoms with E-state index in [4.69, 9.17) is 5.73 Å². The molecule has 0 saturated heterocycles. The van der Waals surface area contributed by atoms with E-state index in [0.29, 0.717) is 0 Å². The summed E-state index contributed by atoms with van der Waals surface area (Å²) < 4.78 is 0. The van der Waals surface area contributed by atoms with E-state index in [1.54, 1.807) is 0 Å². The van der Waals surface area contributed by atoms with Gasteiger partial charge in [0.2, 0.25) is 0 Å². The van der Waals surface area contributed by atoms with Crippen LogP contribution in [0.2, 0.25) is 0 Å². The summed E-state index contributed by atoms with van der Waals surface area (Å²) in [5, 5.41) is 0. The fourth-order valence-electron chi connectivity index (χ4n) is 1.63. The molecule has 1 nitrogen and oxygen atoms in total. The minimum atomic E-state index is 0.856. The molecule has 2 N–H and O–H groups in total. The van der Waals surface area contributed by atoms with Crippen LogP contribution in [0.5, 0.6) is 0 Å². The highest BCUT2D eigenvalue weighted by Gasteiger charge is 2.12. The Hall–Kier alpha value is -0.0400. The molecule has 0 heterocycles. The van der Waals surface area contributed by atoms with Gasteiger partial charge in [-0.1, -0.05) is 40.0 Å². The highest BCUT2D eigenvalue weighted by Crippen LogP contribution is 2.22. The van der Waals surface area contributed by atoms with Gasteiger partial charge in [-0.3, -0.25) is 0 Å². The van der Waals surface area contributed by atoms with Crippen molar-refractivity contribution in [1.29, 1.82) is 0 Å². The molecule has 0 aromatic rings. The fraction of sp³-hybridized carbons (Fsp3) is 1.00. The molecule has 0 saturated carbocycles. The maximum atomic E-state index is 5.55. The third-order valence-corrected chi connectivity index (χ3v) is 2.65. The van der Waals surface area contributed by atoms with Gasteiger partial charge in [0.25, 0.3) is 0 Å². The van der Waals surface area contributed by atoms with E-state index in [1.807, 2.05) is 0 Å². The van der Waals surface area contributed by atoms with Crippen molar-refractivity contribution in [1.82, 2.24) is 0 Å². The Morgan fingerprint density at radius 3 is 2.18 bits per heavy atom. The fourth-order valence-corrected chi connectivity index (χ4v) is 1.63. The van der Waals surface area contributed by atoms with E-state index >= 15 is 0 Å². The van der Waals surface area contributed by atoms with Gasteiger partial charge in [0, 0.05) is 0 Å². The third-order valence-electron chi connectivity index (χ3n) is 2.65. The van der Waals surface area contributed by atoms with Crippen molar-refractivity contribution in [2.45, 2.75) is 46.5 Å². The Morgan fingerprint density at radius 2 is 1.82 bits per heavy atom. The minimum Gasteiger partial charge on any atom is -0.330 e. The second-order valence-corrected chi connectivity index (χ2v) is 3.51. The number of rotatable bonds is 6. The monoisotopic (exact) mass is 157 g/mol. The minimum absolute atomic E-state index is 0.856. The van der Waals surface area contributed by atoms with E-state index in [1.165, 1.54) is 25.7 Å². The van der Waals surface area contributed by atoms with Gasteiger partial charge in [0.05, 0.1) is 0 Å². The van der Waals surface area contributed by atoms with Gasteiger partial charge in [0.15, 0.2) is 0 Å². The highest BCUT2D eigenvalue weighted by molar-refractivity contribution is 4.65. The molecule has 0 amide bonds. The van der Waals surface area contributed by atoms with Crippen LogP contribution in [0.25, 0.3) is 0 Å².